The lowest BCUT2D eigenvalue weighted by Gasteiger charge is -2.28. The van der Waals surface area contributed by atoms with Crippen molar-refractivity contribution in [1.82, 2.24) is 15.0 Å². The predicted molar refractivity (Wildman–Crippen MR) is 230 cm³/mol. The summed E-state index contributed by atoms with van der Waals surface area (Å²) < 4.78 is 13.0. The Hall–Kier alpha value is -7.57. The van der Waals surface area contributed by atoms with E-state index >= 15 is 0 Å². The van der Waals surface area contributed by atoms with E-state index in [0.29, 0.717) is 17.5 Å². The van der Waals surface area contributed by atoms with Gasteiger partial charge in [-0.05, 0) is 59.2 Å². The second kappa shape index (κ2) is 12.5. The molecule has 0 saturated heterocycles. The normalized spacial score (nSPS) is 15.9. The minimum atomic E-state index is 0.0872. The average Bonchev–Trinajstić information content (AvgIpc) is 3.96. The Balaban J connectivity index is 1.01. The summed E-state index contributed by atoms with van der Waals surface area (Å²) in [7, 11) is 0. The minimum Gasteiger partial charge on any atom is -0.456 e. The third kappa shape index (κ3) is 5.00. The highest BCUT2D eigenvalue weighted by molar-refractivity contribution is 6.15. The molecule has 0 fully saturated rings. The fourth-order valence-electron chi connectivity index (χ4n) is 8.84. The summed E-state index contributed by atoms with van der Waals surface area (Å²) in [5, 5.41) is 4.25. The summed E-state index contributed by atoms with van der Waals surface area (Å²) in [5.74, 6) is 2.03. The molecule has 2 atom stereocenters. The van der Waals surface area contributed by atoms with Gasteiger partial charge in [0.05, 0.1) is 11.7 Å². The summed E-state index contributed by atoms with van der Waals surface area (Å²) in [6.45, 7) is 0. The number of furan rings is 2. The Kier molecular flexibility index (Phi) is 6.95. The Morgan fingerprint density at radius 2 is 1.09 bits per heavy atom. The first kappa shape index (κ1) is 31.7. The van der Waals surface area contributed by atoms with Crippen LogP contribution in [0.2, 0.25) is 0 Å². The Morgan fingerprint density at radius 3 is 1.91 bits per heavy atom. The first-order valence-electron chi connectivity index (χ1n) is 19.3. The molecule has 0 spiro atoms. The van der Waals surface area contributed by atoms with Gasteiger partial charge in [0.1, 0.15) is 16.7 Å². The van der Waals surface area contributed by atoms with Gasteiger partial charge in [-0.2, -0.15) is 0 Å². The van der Waals surface area contributed by atoms with E-state index in [2.05, 4.69) is 102 Å². The zero-order valence-electron chi connectivity index (χ0n) is 30.6. The van der Waals surface area contributed by atoms with Gasteiger partial charge >= 0.3 is 0 Å². The van der Waals surface area contributed by atoms with Gasteiger partial charge in [0.25, 0.3) is 0 Å². The molecule has 10 aromatic rings. The van der Waals surface area contributed by atoms with E-state index in [-0.39, 0.29) is 12.0 Å². The number of benzene rings is 7. The van der Waals surface area contributed by atoms with Crippen LogP contribution in [0, 0.1) is 0 Å². The van der Waals surface area contributed by atoms with E-state index in [0.717, 1.165) is 66.3 Å². The van der Waals surface area contributed by atoms with Crippen molar-refractivity contribution in [2.45, 2.75) is 12.0 Å². The van der Waals surface area contributed by atoms with Crippen LogP contribution in [0.5, 0.6) is 0 Å². The molecule has 12 rings (SSSR count). The monoisotopic (exact) mass is 732 g/mol. The highest BCUT2D eigenvalue weighted by Crippen LogP contribution is 2.51. The smallest absolute Gasteiger partial charge is 0.164 e. The van der Waals surface area contributed by atoms with E-state index in [4.69, 9.17) is 23.8 Å². The summed E-state index contributed by atoms with van der Waals surface area (Å²) >= 11 is 0. The number of allylic oxidation sites excluding steroid dienone is 2. The maximum absolute atomic E-state index is 6.88. The van der Waals surface area contributed by atoms with Crippen LogP contribution in [0.3, 0.4) is 0 Å². The fourth-order valence-corrected chi connectivity index (χ4v) is 8.84. The summed E-state index contributed by atoms with van der Waals surface area (Å²) in [6.07, 6.45) is 8.96. The molecule has 1 aliphatic carbocycles. The van der Waals surface area contributed by atoms with Gasteiger partial charge < -0.3 is 13.7 Å². The van der Waals surface area contributed by atoms with Crippen LogP contribution >= 0.6 is 0 Å². The van der Waals surface area contributed by atoms with Gasteiger partial charge in [0.15, 0.2) is 23.1 Å². The van der Waals surface area contributed by atoms with Crippen molar-refractivity contribution in [3.8, 4) is 45.3 Å². The van der Waals surface area contributed by atoms with Crippen LogP contribution in [0.25, 0.3) is 89.2 Å². The Labute approximate surface area is 327 Å². The minimum absolute atomic E-state index is 0.0872. The largest absolute Gasteiger partial charge is 0.456 e. The molecule has 7 aromatic carbocycles. The molecule has 3 aromatic heterocycles. The SMILES string of the molecule is C1=CC2c3cc(-c4ccc5oc6ccccc6c5c4)ccc3N(c3cccc4c3oc3cccc(-c5nc(-c6ccccc6)nc(-c6ccccc6)n5)c34)C2C=C1. The van der Waals surface area contributed by atoms with Crippen molar-refractivity contribution in [3.05, 3.63) is 188 Å². The molecule has 57 heavy (non-hydrogen) atoms. The molecule has 0 amide bonds. The molecule has 0 saturated carbocycles. The second-order valence-corrected chi connectivity index (χ2v) is 14.7. The van der Waals surface area contributed by atoms with Crippen molar-refractivity contribution < 1.29 is 8.83 Å². The molecule has 2 aliphatic rings. The van der Waals surface area contributed by atoms with Gasteiger partial charge in [-0.15, -0.1) is 0 Å². The lowest BCUT2D eigenvalue weighted by atomic mass is 9.89. The molecular formula is C51H32N4O2. The van der Waals surface area contributed by atoms with E-state index in [1.165, 1.54) is 22.4 Å². The highest BCUT2D eigenvalue weighted by atomic mass is 16.3. The molecule has 268 valence electrons. The maximum Gasteiger partial charge on any atom is 0.164 e. The van der Waals surface area contributed by atoms with Crippen LogP contribution in [-0.2, 0) is 0 Å². The van der Waals surface area contributed by atoms with E-state index < -0.39 is 0 Å². The van der Waals surface area contributed by atoms with Crippen molar-refractivity contribution in [1.29, 1.82) is 0 Å². The number of hydrogen-bond donors (Lipinski definition) is 0. The van der Waals surface area contributed by atoms with Gasteiger partial charge in [0, 0.05) is 49.8 Å². The predicted octanol–water partition coefficient (Wildman–Crippen LogP) is 13.1. The first-order valence-corrected chi connectivity index (χ1v) is 19.3. The molecule has 0 radical (unpaired) electrons. The lowest BCUT2D eigenvalue weighted by molar-refractivity contribution is 0.663. The zero-order chi connectivity index (χ0) is 37.5. The van der Waals surface area contributed by atoms with Crippen LogP contribution < -0.4 is 4.90 Å². The average molecular weight is 733 g/mol. The molecule has 1 aliphatic heterocycles. The Morgan fingerprint density at radius 1 is 0.439 bits per heavy atom. The molecule has 0 N–H and O–H groups in total. The number of para-hydroxylation sites is 2. The van der Waals surface area contributed by atoms with E-state index in [1.54, 1.807) is 0 Å². The number of aromatic nitrogens is 3. The molecule has 6 nitrogen and oxygen atoms in total. The van der Waals surface area contributed by atoms with Gasteiger partial charge in [-0.3, -0.25) is 0 Å². The number of hydrogen-bond acceptors (Lipinski definition) is 6. The number of fused-ring (bicyclic) bond motifs is 9. The van der Waals surface area contributed by atoms with Crippen LogP contribution in [-0.4, -0.2) is 21.0 Å². The molecule has 0 bridgehead atoms. The summed E-state index contributed by atoms with van der Waals surface area (Å²) in [4.78, 5) is 17.6. The second-order valence-electron chi connectivity index (χ2n) is 14.7. The van der Waals surface area contributed by atoms with Crippen LogP contribution in [0.15, 0.2) is 191 Å². The quantitative estimate of drug-likeness (QED) is 0.175. The Bertz CT molecular complexity index is 3210. The number of anilines is 2. The fraction of sp³-hybridized carbons (Fsp3) is 0.0392. The van der Waals surface area contributed by atoms with E-state index in [9.17, 15) is 0 Å². The lowest BCUT2D eigenvalue weighted by Crippen LogP contribution is -2.28. The van der Waals surface area contributed by atoms with Crippen molar-refractivity contribution in [3.63, 3.8) is 0 Å². The van der Waals surface area contributed by atoms with Gasteiger partial charge in [-0.1, -0.05) is 140 Å². The third-order valence-corrected chi connectivity index (χ3v) is 11.5. The van der Waals surface area contributed by atoms with Crippen molar-refractivity contribution in [2.75, 3.05) is 4.90 Å². The van der Waals surface area contributed by atoms with Crippen molar-refractivity contribution in [2.24, 2.45) is 0 Å². The molecule has 6 heteroatoms. The van der Waals surface area contributed by atoms with Crippen LogP contribution in [0.1, 0.15) is 11.5 Å². The summed E-state index contributed by atoms with van der Waals surface area (Å²) in [6, 6.07) is 54.5. The standard InChI is InChI=1S/C51H32N4O2/c1-3-13-31(14-4-1)49-52-50(32-15-5-2-6-16-32)54-51(53-49)38-20-12-24-46-47(38)37-19-11-22-43(48(37)57-46)55-41-21-9-7-17-35(41)39-29-33(25-27-42(39)55)34-26-28-45-40(30-34)36-18-8-10-23-44(36)56-45/h1-30,35,41H. The van der Waals surface area contributed by atoms with Crippen molar-refractivity contribution >= 4 is 55.3 Å². The van der Waals surface area contributed by atoms with Gasteiger partial charge in [-0.25, -0.2) is 15.0 Å². The molecule has 2 unspecified atom stereocenters. The van der Waals surface area contributed by atoms with E-state index in [1.807, 2.05) is 84.9 Å². The highest BCUT2D eigenvalue weighted by Gasteiger charge is 2.39. The van der Waals surface area contributed by atoms with Crippen LogP contribution in [0.4, 0.5) is 11.4 Å². The molecule has 4 heterocycles. The van der Waals surface area contributed by atoms with Gasteiger partial charge in [0.2, 0.25) is 0 Å². The maximum atomic E-state index is 6.88. The third-order valence-electron chi connectivity index (χ3n) is 11.5. The first-order chi connectivity index (χ1) is 28.2. The zero-order valence-corrected chi connectivity index (χ0v) is 30.6. The number of rotatable bonds is 5. The number of nitrogens with zero attached hydrogens (tertiary/aromatic N) is 4. The molecular weight excluding hydrogens is 701 g/mol. The topological polar surface area (TPSA) is 68.2 Å². The summed E-state index contributed by atoms with van der Waals surface area (Å²) in [5.41, 5.74) is 12.0.